The molecule has 3 heterocycles. The number of benzene rings is 2. The third-order valence-electron chi connectivity index (χ3n) is 7.16. The largest absolute Gasteiger partial charge is 0.494 e. The monoisotopic (exact) mass is 543 g/mol. The summed E-state index contributed by atoms with van der Waals surface area (Å²) in [6, 6.07) is 10.1. The van der Waals surface area contributed by atoms with Crippen molar-refractivity contribution >= 4 is 42.6 Å². The lowest BCUT2D eigenvalue weighted by Gasteiger charge is -2.30. The number of carbonyl (C=O) groups excluding carboxylic acids is 1. The molecule has 8 nitrogen and oxygen atoms in total. The number of thiazole rings is 1. The average Bonchev–Trinajstić information content (AvgIpc) is 3.58. The number of ether oxygens (including phenoxy) is 2. The second kappa shape index (κ2) is 10.7. The molecule has 10 heteroatoms. The van der Waals surface area contributed by atoms with Gasteiger partial charge in [0.2, 0.25) is 10.0 Å². The van der Waals surface area contributed by atoms with E-state index in [4.69, 9.17) is 14.5 Å². The SMILES string of the molecule is COc1ccc(C)c2sc(N(CC3CCCO3)C(=O)c3ccc(S(=O)(=O)N4CCCC(C)C4)cc3)nc12. The van der Waals surface area contributed by atoms with Crippen molar-refractivity contribution in [3.8, 4) is 5.75 Å². The molecule has 3 aromatic rings. The number of methoxy groups -OCH3 is 1. The molecule has 0 saturated carbocycles. The number of aryl methyl sites for hydroxylation is 1. The summed E-state index contributed by atoms with van der Waals surface area (Å²) in [7, 11) is -1.98. The molecule has 0 radical (unpaired) electrons. The molecular weight excluding hydrogens is 510 g/mol. The molecule has 5 rings (SSSR count). The van der Waals surface area contributed by atoms with E-state index in [9.17, 15) is 13.2 Å². The molecular formula is C27H33N3O5S2. The first-order valence-electron chi connectivity index (χ1n) is 12.8. The van der Waals surface area contributed by atoms with Gasteiger partial charge in [0.05, 0.1) is 29.4 Å². The zero-order valence-electron chi connectivity index (χ0n) is 21.5. The number of hydrogen-bond donors (Lipinski definition) is 0. The van der Waals surface area contributed by atoms with Crippen LogP contribution in [0.5, 0.6) is 5.75 Å². The lowest BCUT2D eigenvalue weighted by atomic mass is 10.0. The second-order valence-electron chi connectivity index (χ2n) is 9.94. The molecule has 0 spiro atoms. The minimum Gasteiger partial charge on any atom is -0.494 e. The summed E-state index contributed by atoms with van der Waals surface area (Å²) in [5.74, 6) is 0.766. The highest BCUT2D eigenvalue weighted by Gasteiger charge is 2.30. The number of amides is 1. The number of hydrogen-bond acceptors (Lipinski definition) is 7. The molecule has 1 amide bonds. The van der Waals surface area contributed by atoms with Gasteiger partial charge in [0.25, 0.3) is 5.91 Å². The van der Waals surface area contributed by atoms with E-state index in [0.29, 0.717) is 48.6 Å². The fourth-order valence-corrected chi connectivity index (χ4v) is 7.71. The third-order valence-corrected chi connectivity index (χ3v) is 10.3. The summed E-state index contributed by atoms with van der Waals surface area (Å²) in [6.45, 7) is 6.21. The summed E-state index contributed by atoms with van der Waals surface area (Å²) in [5, 5.41) is 0.571. The molecule has 1 aromatic heterocycles. The van der Waals surface area contributed by atoms with Crippen molar-refractivity contribution < 1.29 is 22.7 Å². The predicted molar refractivity (Wildman–Crippen MR) is 145 cm³/mol. The predicted octanol–water partition coefficient (Wildman–Crippen LogP) is 4.86. The van der Waals surface area contributed by atoms with Crippen LogP contribution in [0.1, 0.15) is 48.5 Å². The standard InChI is InChI=1S/C27H33N3O5S2/c1-18-6-4-14-29(16-18)37(32,33)22-11-9-20(10-12-22)26(31)30(17-21-7-5-15-35-21)27-28-24-23(34-3)13-8-19(2)25(24)36-27/h8-13,18,21H,4-7,14-17H2,1-3H3. The molecule has 0 N–H and O–H groups in total. The zero-order chi connectivity index (χ0) is 26.2. The van der Waals surface area contributed by atoms with Crippen LogP contribution in [0, 0.1) is 12.8 Å². The number of piperidine rings is 1. The van der Waals surface area contributed by atoms with E-state index in [2.05, 4.69) is 6.92 Å². The van der Waals surface area contributed by atoms with Gasteiger partial charge in [0.1, 0.15) is 11.3 Å². The maximum Gasteiger partial charge on any atom is 0.260 e. The lowest BCUT2D eigenvalue weighted by molar-refractivity contribution is 0.0917. The first-order valence-corrected chi connectivity index (χ1v) is 15.0. The van der Waals surface area contributed by atoms with Crippen LogP contribution >= 0.6 is 11.3 Å². The topological polar surface area (TPSA) is 89.0 Å². The van der Waals surface area contributed by atoms with E-state index in [1.54, 1.807) is 28.4 Å². The molecule has 2 unspecified atom stereocenters. The Morgan fingerprint density at radius 1 is 1.19 bits per heavy atom. The Hall–Kier alpha value is -2.53. The van der Waals surface area contributed by atoms with Gasteiger partial charge in [-0.05, 0) is 74.4 Å². The van der Waals surface area contributed by atoms with Gasteiger partial charge in [-0.3, -0.25) is 9.69 Å². The van der Waals surface area contributed by atoms with E-state index in [1.165, 1.54) is 23.5 Å². The van der Waals surface area contributed by atoms with Crippen molar-refractivity contribution in [2.75, 3.05) is 38.3 Å². The number of aromatic nitrogens is 1. The van der Waals surface area contributed by atoms with E-state index in [0.717, 1.165) is 41.5 Å². The van der Waals surface area contributed by atoms with Gasteiger partial charge in [0.15, 0.2) is 5.13 Å². The Morgan fingerprint density at radius 3 is 2.65 bits per heavy atom. The molecule has 2 aromatic carbocycles. The highest BCUT2D eigenvalue weighted by Crippen LogP contribution is 2.37. The number of nitrogens with zero attached hydrogens (tertiary/aromatic N) is 3. The summed E-state index contributed by atoms with van der Waals surface area (Å²) < 4.78 is 40.3. The summed E-state index contributed by atoms with van der Waals surface area (Å²) >= 11 is 1.45. The van der Waals surface area contributed by atoms with E-state index >= 15 is 0 Å². The normalized spacial score (nSPS) is 20.8. The Morgan fingerprint density at radius 2 is 1.97 bits per heavy atom. The molecule has 2 saturated heterocycles. The quantitative estimate of drug-likeness (QED) is 0.423. The van der Waals surface area contributed by atoms with Gasteiger partial charge in [-0.1, -0.05) is 24.3 Å². The number of carbonyl (C=O) groups is 1. The Kier molecular flexibility index (Phi) is 7.53. The first-order chi connectivity index (χ1) is 17.8. The van der Waals surface area contributed by atoms with Crippen LogP contribution in [0.4, 0.5) is 5.13 Å². The van der Waals surface area contributed by atoms with Crippen molar-refractivity contribution in [2.45, 2.75) is 50.5 Å². The van der Waals surface area contributed by atoms with Crippen molar-refractivity contribution in [1.29, 1.82) is 0 Å². The second-order valence-corrected chi connectivity index (χ2v) is 12.9. The first kappa shape index (κ1) is 26.1. The van der Waals surface area contributed by atoms with Gasteiger partial charge >= 0.3 is 0 Å². The molecule has 2 fully saturated rings. The van der Waals surface area contributed by atoms with Crippen LogP contribution in [-0.2, 0) is 14.8 Å². The fourth-order valence-electron chi connectivity index (χ4n) is 5.06. The number of sulfonamides is 1. The smallest absolute Gasteiger partial charge is 0.260 e. The third kappa shape index (κ3) is 5.25. The number of rotatable bonds is 7. The summed E-state index contributed by atoms with van der Waals surface area (Å²) in [4.78, 5) is 20.5. The minimum absolute atomic E-state index is 0.0697. The average molecular weight is 544 g/mol. The zero-order valence-corrected chi connectivity index (χ0v) is 23.1. The van der Waals surface area contributed by atoms with Gasteiger partial charge in [-0.15, -0.1) is 0 Å². The Labute approximate surface area is 222 Å². The Bertz CT molecular complexity index is 1380. The van der Waals surface area contributed by atoms with Crippen molar-refractivity contribution in [3.63, 3.8) is 0 Å². The van der Waals surface area contributed by atoms with Crippen LogP contribution in [0.25, 0.3) is 10.2 Å². The van der Waals surface area contributed by atoms with E-state index in [1.807, 2.05) is 19.1 Å². The summed E-state index contributed by atoms with van der Waals surface area (Å²) in [5.41, 5.74) is 2.20. The molecule has 0 bridgehead atoms. The maximum absolute atomic E-state index is 13.8. The highest BCUT2D eigenvalue weighted by atomic mass is 32.2. The number of fused-ring (bicyclic) bond motifs is 1. The van der Waals surface area contributed by atoms with Gasteiger partial charge < -0.3 is 9.47 Å². The minimum atomic E-state index is -3.59. The molecule has 198 valence electrons. The van der Waals surface area contributed by atoms with E-state index < -0.39 is 10.0 Å². The lowest BCUT2D eigenvalue weighted by Crippen LogP contribution is -2.39. The molecule has 37 heavy (non-hydrogen) atoms. The van der Waals surface area contributed by atoms with Crippen LogP contribution in [0.2, 0.25) is 0 Å². The molecule has 2 aliphatic heterocycles. The molecule has 2 aliphatic rings. The van der Waals surface area contributed by atoms with Crippen molar-refractivity contribution in [1.82, 2.24) is 9.29 Å². The van der Waals surface area contributed by atoms with Crippen LogP contribution in [0.3, 0.4) is 0 Å². The van der Waals surface area contributed by atoms with Crippen molar-refractivity contribution in [2.24, 2.45) is 5.92 Å². The maximum atomic E-state index is 13.8. The van der Waals surface area contributed by atoms with E-state index in [-0.39, 0.29) is 16.9 Å². The summed E-state index contributed by atoms with van der Waals surface area (Å²) in [6.07, 6.45) is 3.67. The van der Waals surface area contributed by atoms with Gasteiger partial charge in [-0.25, -0.2) is 13.4 Å². The molecule has 2 atom stereocenters. The molecule has 0 aliphatic carbocycles. The Balaban J connectivity index is 1.46. The fraction of sp³-hybridized carbons (Fsp3) is 0.481. The number of anilines is 1. The van der Waals surface area contributed by atoms with Gasteiger partial charge in [-0.2, -0.15) is 4.31 Å². The van der Waals surface area contributed by atoms with Crippen LogP contribution in [0.15, 0.2) is 41.3 Å². The van der Waals surface area contributed by atoms with Crippen LogP contribution in [-0.4, -0.2) is 63.1 Å². The van der Waals surface area contributed by atoms with Crippen molar-refractivity contribution in [3.05, 3.63) is 47.5 Å². The highest BCUT2D eigenvalue weighted by molar-refractivity contribution is 7.89. The van der Waals surface area contributed by atoms with Gasteiger partial charge in [0, 0.05) is 25.3 Å². The van der Waals surface area contributed by atoms with Crippen LogP contribution < -0.4 is 9.64 Å².